The second-order valence-electron chi connectivity index (χ2n) is 6.13. The van der Waals surface area contributed by atoms with E-state index in [9.17, 15) is 18.5 Å². The van der Waals surface area contributed by atoms with Crippen molar-refractivity contribution >= 4 is 15.7 Å². The van der Waals surface area contributed by atoms with E-state index in [2.05, 4.69) is 10.0 Å². The molecule has 1 aromatic rings. The molecule has 8 nitrogen and oxygen atoms in total. The fourth-order valence-electron chi connectivity index (χ4n) is 3.00. The van der Waals surface area contributed by atoms with E-state index < -0.39 is 14.9 Å². The van der Waals surface area contributed by atoms with E-state index in [0.29, 0.717) is 12.6 Å². The Morgan fingerprint density at radius 1 is 1.20 bits per heavy atom. The minimum Gasteiger partial charge on any atom is -0.490 e. The summed E-state index contributed by atoms with van der Waals surface area (Å²) in [6.45, 7) is 0.812. The summed E-state index contributed by atoms with van der Waals surface area (Å²) in [6, 6.07) is 3.96. The largest absolute Gasteiger partial charge is 0.490 e. The third-order valence-corrected chi connectivity index (χ3v) is 5.82. The van der Waals surface area contributed by atoms with Gasteiger partial charge in [-0.15, -0.1) is 0 Å². The lowest BCUT2D eigenvalue weighted by Gasteiger charge is -2.16. The van der Waals surface area contributed by atoms with Crippen LogP contribution in [0.2, 0.25) is 0 Å². The van der Waals surface area contributed by atoms with Crippen LogP contribution < -0.4 is 14.8 Å². The summed E-state index contributed by atoms with van der Waals surface area (Å²) in [4.78, 5) is 10.2. The number of hydrogen-bond donors (Lipinski definition) is 2. The molecule has 1 aromatic carbocycles. The topological polar surface area (TPSA) is 111 Å². The van der Waals surface area contributed by atoms with Gasteiger partial charge in [-0.2, -0.15) is 0 Å². The molecule has 2 rings (SSSR count). The first-order chi connectivity index (χ1) is 11.9. The van der Waals surface area contributed by atoms with Gasteiger partial charge in [0.25, 0.3) is 0 Å². The van der Waals surface area contributed by atoms with Crippen molar-refractivity contribution in [2.24, 2.45) is 0 Å². The maximum Gasteiger partial charge on any atom is 0.310 e. The van der Waals surface area contributed by atoms with Crippen LogP contribution in [-0.2, 0) is 10.0 Å². The van der Waals surface area contributed by atoms with E-state index in [4.69, 9.17) is 4.74 Å². The summed E-state index contributed by atoms with van der Waals surface area (Å²) in [5, 5.41) is 14.3. The number of ether oxygens (including phenoxy) is 1. The summed E-state index contributed by atoms with van der Waals surface area (Å²) in [7, 11) is -2.47. The van der Waals surface area contributed by atoms with Crippen molar-refractivity contribution in [1.29, 1.82) is 0 Å². The van der Waals surface area contributed by atoms with E-state index in [-0.39, 0.29) is 22.9 Å². The van der Waals surface area contributed by atoms with Crippen LogP contribution in [0.15, 0.2) is 23.1 Å². The van der Waals surface area contributed by atoms with E-state index in [1.165, 1.54) is 44.9 Å². The quantitative estimate of drug-likeness (QED) is 0.314. The molecule has 1 fully saturated rings. The molecular weight excluding hydrogens is 346 g/mol. The molecule has 1 aliphatic carbocycles. The molecule has 25 heavy (non-hydrogen) atoms. The summed E-state index contributed by atoms with van der Waals surface area (Å²) >= 11 is 0. The van der Waals surface area contributed by atoms with Gasteiger partial charge >= 0.3 is 5.69 Å². The summed E-state index contributed by atoms with van der Waals surface area (Å²) < 4.78 is 32.1. The lowest BCUT2D eigenvalue weighted by molar-refractivity contribution is -0.385. The van der Waals surface area contributed by atoms with E-state index in [1.807, 2.05) is 0 Å². The summed E-state index contributed by atoms with van der Waals surface area (Å²) in [5.74, 6) is -0.0792. The van der Waals surface area contributed by atoms with Gasteiger partial charge in [0.1, 0.15) is 0 Å². The van der Waals surface area contributed by atoms with Gasteiger partial charge in [-0.1, -0.05) is 25.7 Å². The molecular formula is C16H25N3O5S. The van der Waals surface area contributed by atoms with Gasteiger partial charge in [-0.25, -0.2) is 13.1 Å². The zero-order valence-corrected chi connectivity index (χ0v) is 15.2. The van der Waals surface area contributed by atoms with E-state index in [1.54, 1.807) is 0 Å². The van der Waals surface area contributed by atoms with E-state index in [0.717, 1.165) is 18.9 Å². The van der Waals surface area contributed by atoms with Crippen molar-refractivity contribution in [2.75, 3.05) is 20.2 Å². The predicted octanol–water partition coefficient (Wildman–Crippen LogP) is 2.19. The van der Waals surface area contributed by atoms with Crippen LogP contribution >= 0.6 is 0 Å². The van der Waals surface area contributed by atoms with Crippen molar-refractivity contribution in [3.8, 4) is 5.75 Å². The number of methoxy groups -OCH3 is 1. The standard InChI is InChI=1S/C16H25N3O5S/c1-24-16-12-14(8-9-15(16)19(20)21)25(22,23)18-11-10-17-13-6-4-2-3-5-7-13/h8-9,12-13,17-18H,2-7,10-11H2,1H3. The van der Waals surface area contributed by atoms with Crippen LogP contribution in [0.5, 0.6) is 5.75 Å². The lowest BCUT2D eigenvalue weighted by Crippen LogP contribution is -2.36. The van der Waals surface area contributed by atoms with Gasteiger partial charge in [0.15, 0.2) is 5.75 Å². The normalized spacial score (nSPS) is 16.4. The zero-order chi connectivity index (χ0) is 18.3. The Bertz CT molecular complexity index is 685. The number of hydrogen-bond acceptors (Lipinski definition) is 6. The van der Waals surface area contributed by atoms with Crippen molar-refractivity contribution in [3.05, 3.63) is 28.3 Å². The van der Waals surface area contributed by atoms with Crippen LogP contribution in [0.1, 0.15) is 38.5 Å². The van der Waals surface area contributed by atoms with Crippen molar-refractivity contribution in [2.45, 2.75) is 49.5 Å². The van der Waals surface area contributed by atoms with Crippen LogP contribution in [0.4, 0.5) is 5.69 Å². The predicted molar refractivity (Wildman–Crippen MR) is 94.3 cm³/mol. The third-order valence-electron chi connectivity index (χ3n) is 4.36. The monoisotopic (exact) mass is 371 g/mol. The summed E-state index contributed by atoms with van der Waals surface area (Å²) in [6.07, 6.45) is 7.23. The van der Waals surface area contributed by atoms with Crippen LogP contribution in [-0.4, -0.2) is 39.6 Å². The number of benzene rings is 1. The Balaban J connectivity index is 1.91. The molecule has 0 aliphatic heterocycles. The minimum atomic E-state index is -3.74. The van der Waals surface area contributed by atoms with Crippen LogP contribution in [0.25, 0.3) is 0 Å². The number of nitro benzene ring substituents is 1. The Morgan fingerprint density at radius 3 is 2.48 bits per heavy atom. The first-order valence-electron chi connectivity index (χ1n) is 8.49. The SMILES string of the molecule is COc1cc(S(=O)(=O)NCCNC2CCCCCC2)ccc1[N+](=O)[O-]. The van der Waals surface area contributed by atoms with Gasteiger partial charge in [0, 0.05) is 31.3 Å². The van der Waals surface area contributed by atoms with Crippen molar-refractivity contribution < 1.29 is 18.1 Å². The molecule has 0 heterocycles. The third kappa shape index (κ3) is 5.65. The molecule has 0 aromatic heterocycles. The van der Waals surface area contributed by atoms with Gasteiger partial charge in [0.2, 0.25) is 10.0 Å². The molecule has 2 N–H and O–H groups in total. The Hall–Kier alpha value is -1.71. The average molecular weight is 371 g/mol. The second kappa shape index (κ2) is 9.12. The second-order valence-corrected chi connectivity index (χ2v) is 7.90. The molecule has 0 atom stereocenters. The highest BCUT2D eigenvalue weighted by Crippen LogP contribution is 2.29. The van der Waals surface area contributed by atoms with Crippen LogP contribution in [0.3, 0.4) is 0 Å². The Kier molecular flexibility index (Phi) is 7.15. The molecule has 0 saturated heterocycles. The minimum absolute atomic E-state index is 0.0515. The van der Waals surface area contributed by atoms with E-state index >= 15 is 0 Å². The first-order valence-corrected chi connectivity index (χ1v) is 9.98. The molecule has 0 bridgehead atoms. The lowest BCUT2D eigenvalue weighted by atomic mass is 10.1. The first kappa shape index (κ1) is 19.6. The fraction of sp³-hybridized carbons (Fsp3) is 0.625. The molecule has 0 amide bonds. The Labute approximate surface area is 148 Å². The highest BCUT2D eigenvalue weighted by Gasteiger charge is 2.21. The Morgan fingerprint density at radius 2 is 1.88 bits per heavy atom. The van der Waals surface area contributed by atoms with Gasteiger partial charge in [0.05, 0.1) is 16.9 Å². The zero-order valence-electron chi connectivity index (χ0n) is 14.4. The number of nitrogens with zero attached hydrogens (tertiary/aromatic N) is 1. The molecule has 140 valence electrons. The molecule has 1 saturated carbocycles. The van der Waals surface area contributed by atoms with Gasteiger partial charge in [-0.05, 0) is 18.9 Å². The van der Waals surface area contributed by atoms with Crippen molar-refractivity contribution in [1.82, 2.24) is 10.0 Å². The number of nitro groups is 1. The highest BCUT2D eigenvalue weighted by atomic mass is 32.2. The average Bonchev–Trinajstić information content (AvgIpc) is 2.86. The maximum atomic E-state index is 12.3. The molecule has 9 heteroatoms. The fourth-order valence-corrected chi connectivity index (χ4v) is 4.05. The van der Waals surface area contributed by atoms with Crippen LogP contribution in [0, 0.1) is 10.1 Å². The summed E-state index contributed by atoms with van der Waals surface area (Å²) in [5.41, 5.74) is -0.267. The smallest absolute Gasteiger partial charge is 0.310 e. The van der Waals surface area contributed by atoms with Gasteiger partial charge < -0.3 is 10.1 Å². The molecule has 1 aliphatic rings. The number of sulfonamides is 1. The number of rotatable bonds is 8. The highest BCUT2D eigenvalue weighted by molar-refractivity contribution is 7.89. The van der Waals surface area contributed by atoms with Crippen molar-refractivity contribution in [3.63, 3.8) is 0 Å². The maximum absolute atomic E-state index is 12.3. The molecule has 0 spiro atoms. The molecule has 0 radical (unpaired) electrons. The van der Waals surface area contributed by atoms with Gasteiger partial charge in [-0.3, -0.25) is 10.1 Å². The molecule has 0 unspecified atom stereocenters. The number of nitrogens with one attached hydrogen (secondary N) is 2.